The maximum atomic E-state index is 12.6. The fraction of sp³-hybridized carbons (Fsp3) is 0.667. The molecule has 1 atom stereocenters. The standard InChI is InChI=1S/C21H32N2O3/c1-4-16-5-7-17(8-6-16)19(15(2)3)23-20(24)22-18-9-11-21(12-10-18)25-13-14-26-21/h5-8,15,18-19H,4,9-14H2,1-3H3,(H2,22,23,24)/t19-/m0/s1. The van der Waals surface area contributed by atoms with Crippen molar-refractivity contribution in [2.45, 2.75) is 70.7 Å². The van der Waals surface area contributed by atoms with E-state index in [1.165, 1.54) is 5.56 Å². The topological polar surface area (TPSA) is 59.6 Å². The number of ether oxygens (including phenoxy) is 2. The van der Waals surface area contributed by atoms with Crippen LogP contribution in [0.1, 0.15) is 63.6 Å². The van der Waals surface area contributed by atoms with Crippen LogP contribution in [-0.2, 0) is 15.9 Å². The van der Waals surface area contributed by atoms with Crippen molar-refractivity contribution in [1.29, 1.82) is 0 Å². The van der Waals surface area contributed by atoms with Crippen LogP contribution in [0.25, 0.3) is 0 Å². The van der Waals surface area contributed by atoms with Gasteiger partial charge in [-0.1, -0.05) is 45.0 Å². The molecule has 144 valence electrons. The number of hydrogen-bond acceptors (Lipinski definition) is 3. The zero-order chi connectivity index (χ0) is 18.6. The smallest absolute Gasteiger partial charge is 0.315 e. The molecule has 2 N–H and O–H groups in total. The summed E-state index contributed by atoms with van der Waals surface area (Å²) in [4.78, 5) is 12.6. The van der Waals surface area contributed by atoms with E-state index in [0.29, 0.717) is 19.1 Å². The molecule has 1 aliphatic carbocycles. The first-order chi connectivity index (χ1) is 12.5. The van der Waals surface area contributed by atoms with Gasteiger partial charge in [0.2, 0.25) is 0 Å². The van der Waals surface area contributed by atoms with Gasteiger partial charge in [0.1, 0.15) is 0 Å². The summed E-state index contributed by atoms with van der Waals surface area (Å²) in [5, 5.41) is 6.31. The second kappa shape index (κ2) is 8.40. The van der Waals surface area contributed by atoms with Crippen molar-refractivity contribution in [2.24, 2.45) is 5.92 Å². The molecule has 0 radical (unpaired) electrons. The van der Waals surface area contributed by atoms with Crippen LogP contribution in [0.2, 0.25) is 0 Å². The molecule has 2 aliphatic rings. The number of benzene rings is 1. The summed E-state index contributed by atoms with van der Waals surface area (Å²) >= 11 is 0. The van der Waals surface area contributed by atoms with Crippen LogP contribution in [0, 0.1) is 5.92 Å². The number of hydrogen-bond donors (Lipinski definition) is 2. The minimum atomic E-state index is -0.379. The quantitative estimate of drug-likeness (QED) is 0.836. The highest BCUT2D eigenvalue weighted by atomic mass is 16.7. The summed E-state index contributed by atoms with van der Waals surface area (Å²) in [6, 6.07) is 8.66. The third-order valence-electron chi connectivity index (χ3n) is 5.60. The maximum absolute atomic E-state index is 12.6. The lowest BCUT2D eigenvalue weighted by Gasteiger charge is -2.36. The van der Waals surface area contributed by atoms with E-state index in [2.05, 4.69) is 55.7 Å². The fourth-order valence-corrected chi connectivity index (χ4v) is 3.95. The van der Waals surface area contributed by atoms with E-state index < -0.39 is 0 Å². The molecule has 1 spiro atoms. The Morgan fingerprint density at radius 1 is 1.15 bits per heavy atom. The molecule has 1 aromatic rings. The molecule has 1 saturated carbocycles. The molecule has 1 saturated heterocycles. The molecule has 0 bridgehead atoms. The van der Waals surface area contributed by atoms with Gasteiger partial charge in [-0.2, -0.15) is 0 Å². The molecule has 2 amide bonds. The van der Waals surface area contributed by atoms with Gasteiger partial charge in [0.15, 0.2) is 5.79 Å². The first-order valence-corrected chi connectivity index (χ1v) is 9.95. The molecular weight excluding hydrogens is 328 g/mol. The minimum Gasteiger partial charge on any atom is -0.348 e. The van der Waals surface area contributed by atoms with Crippen LogP contribution in [0.15, 0.2) is 24.3 Å². The lowest BCUT2D eigenvalue weighted by Crippen LogP contribution is -2.48. The monoisotopic (exact) mass is 360 g/mol. The van der Waals surface area contributed by atoms with Crippen LogP contribution in [0.4, 0.5) is 4.79 Å². The van der Waals surface area contributed by atoms with Crippen molar-refractivity contribution < 1.29 is 14.3 Å². The normalized spacial score (nSPS) is 21.1. The van der Waals surface area contributed by atoms with Crippen molar-refractivity contribution >= 4 is 6.03 Å². The summed E-state index contributed by atoms with van der Waals surface area (Å²) in [6.07, 6.45) is 4.52. The maximum Gasteiger partial charge on any atom is 0.315 e. The Kier molecular flexibility index (Phi) is 6.20. The van der Waals surface area contributed by atoms with Gasteiger partial charge < -0.3 is 20.1 Å². The zero-order valence-electron chi connectivity index (χ0n) is 16.2. The van der Waals surface area contributed by atoms with Gasteiger partial charge in [-0.05, 0) is 36.3 Å². The van der Waals surface area contributed by atoms with Gasteiger partial charge >= 0.3 is 6.03 Å². The van der Waals surface area contributed by atoms with Crippen molar-refractivity contribution in [3.05, 3.63) is 35.4 Å². The number of nitrogens with one attached hydrogen (secondary N) is 2. The molecule has 1 aliphatic heterocycles. The Labute approximate surface area is 156 Å². The zero-order valence-corrected chi connectivity index (χ0v) is 16.2. The summed E-state index contributed by atoms with van der Waals surface area (Å²) in [6.45, 7) is 7.79. The van der Waals surface area contributed by atoms with Gasteiger partial charge in [-0.3, -0.25) is 0 Å². The van der Waals surface area contributed by atoms with E-state index in [1.54, 1.807) is 0 Å². The minimum absolute atomic E-state index is 0.0114. The van der Waals surface area contributed by atoms with Crippen LogP contribution in [0.3, 0.4) is 0 Å². The Morgan fingerprint density at radius 2 is 1.77 bits per heavy atom. The van der Waals surface area contributed by atoms with Crippen LogP contribution >= 0.6 is 0 Å². The van der Waals surface area contributed by atoms with Crippen molar-refractivity contribution in [3.8, 4) is 0 Å². The second-order valence-electron chi connectivity index (χ2n) is 7.82. The van der Waals surface area contributed by atoms with Crippen molar-refractivity contribution in [2.75, 3.05) is 13.2 Å². The second-order valence-corrected chi connectivity index (χ2v) is 7.82. The van der Waals surface area contributed by atoms with Crippen molar-refractivity contribution in [3.63, 3.8) is 0 Å². The Morgan fingerprint density at radius 3 is 2.31 bits per heavy atom. The van der Waals surface area contributed by atoms with Gasteiger partial charge in [0.05, 0.1) is 19.3 Å². The lowest BCUT2D eigenvalue weighted by molar-refractivity contribution is -0.179. The third-order valence-corrected chi connectivity index (χ3v) is 5.60. The third kappa shape index (κ3) is 4.57. The molecule has 0 unspecified atom stereocenters. The van der Waals surface area contributed by atoms with E-state index in [4.69, 9.17) is 9.47 Å². The lowest BCUT2D eigenvalue weighted by atomic mass is 9.90. The number of carbonyl (C=O) groups is 1. The van der Waals surface area contributed by atoms with Crippen LogP contribution in [-0.4, -0.2) is 31.1 Å². The average Bonchev–Trinajstić information content (AvgIpc) is 3.10. The molecule has 26 heavy (non-hydrogen) atoms. The fourth-order valence-electron chi connectivity index (χ4n) is 3.95. The van der Waals surface area contributed by atoms with E-state index >= 15 is 0 Å². The first-order valence-electron chi connectivity index (χ1n) is 9.95. The number of rotatable bonds is 5. The molecule has 3 rings (SSSR count). The Balaban J connectivity index is 1.53. The average molecular weight is 360 g/mol. The first kappa shape index (κ1) is 19.2. The highest BCUT2D eigenvalue weighted by molar-refractivity contribution is 5.74. The molecule has 5 nitrogen and oxygen atoms in total. The predicted molar refractivity (Wildman–Crippen MR) is 102 cm³/mol. The van der Waals surface area contributed by atoms with Crippen LogP contribution in [0.5, 0.6) is 0 Å². The molecule has 5 heteroatoms. The summed E-state index contributed by atoms with van der Waals surface area (Å²) in [5.41, 5.74) is 2.47. The Bertz CT molecular complexity index is 584. The van der Waals surface area contributed by atoms with Gasteiger partial charge in [0.25, 0.3) is 0 Å². The molecular formula is C21H32N2O3. The van der Waals surface area contributed by atoms with Crippen molar-refractivity contribution in [1.82, 2.24) is 10.6 Å². The van der Waals surface area contributed by atoms with Gasteiger partial charge in [0, 0.05) is 18.9 Å². The molecule has 1 heterocycles. The van der Waals surface area contributed by atoms with Gasteiger partial charge in [-0.25, -0.2) is 4.79 Å². The van der Waals surface area contributed by atoms with Gasteiger partial charge in [-0.15, -0.1) is 0 Å². The largest absolute Gasteiger partial charge is 0.348 e. The molecule has 1 aromatic carbocycles. The molecule has 0 aromatic heterocycles. The number of amides is 2. The van der Waals surface area contributed by atoms with E-state index in [1.807, 2.05) is 0 Å². The number of aryl methyl sites for hydroxylation is 1. The SMILES string of the molecule is CCc1ccc([C@@H](NC(=O)NC2CCC3(CC2)OCCO3)C(C)C)cc1. The summed E-state index contributed by atoms with van der Waals surface area (Å²) in [5.74, 6) is -0.0565. The number of urea groups is 1. The summed E-state index contributed by atoms with van der Waals surface area (Å²) in [7, 11) is 0. The van der Waals surface area contributed by atoms with Crippen LogP contribution < -0.4 is 10.6 Å². The number of carbonyl (C=O) groups excluding carboxylic acids is 1. The van der Waals surface area contributed by atoms with E-state index in [9.17, 15) is 4.79 Å². The molecule has 2 fully saturated rings. The highest BCUT2D eigenvalue weighted by Gasteiger charge is 2.40. The summed E-state index contributed by atoms with van der Waals surface area (Å²) < 4.78 is 11.5. The van der Waals surface area contributed by atoms with E-state index in [-0.39, 0.29) is 23.9 Å². The predicted octanol–water partition coefficient (Wildman–Crippen LogP) is 3.93. The van der Waals surface area contributed by atoms with E-state index in [0.717, 1.165) is 37.7 Å². The Hall–Kier alpha value is -1.59. The highest BCUT2D eigenvalue weighted by Crippen LogP contribution is 2.35.